The highest BCUT2D eigenvalue weighted by Gasteiger charge is 2.37. The number of furan rings is 1. The first kappa shape index (κ1) is 26.0. The van der Waals surface area contributed by atoms with E-state index in [1.807, 2.05) is 40.7 Å². The number of carbonyl (C=O) groups is 2. The predicted octanol–water partition coefficient (Wildman–Crippen LogP) is 3.97. The number of likely N-dealkylation sites (tertiary alicyclic amines) is 1. The van der Waals surface area contributed by atoms with Crippen LogP contribution in [0.3, 0.4) is 0 Å². The largest absolute Gasteiger partial charge is 0.467 e. The first-order valence-corrected chi connectivity index (χ1v) is 11.8. The molecule has 10 nitrogen and oxygen atoms in total. The summed E-state index contributed by atoms with van der Waals surface area (Å²) in [6, 6.07) is 5.37. The van der Waals surface area contributed by atoms with E-state index in [0.29, 0.717) is 42.5 Å². The molecule has 1 fully saturated rings. The number of nitrogens with one attached hydrogen (secondary N) is 1. The molecule has 2 unspecified atom stereocenters. The average Bonchev–Trinajstić information content (AvgIpc) is 3.33. The lowest BCUT2D eigenvalue weighted by Crippen LogP contribution is -2.54. The summed E-state index contributed by atoms with van der Waals surface area (Å²) in [5.74, 6) is 1.03. The second-order valence-corrected chi connectivity index (χ2v) is 10.4. The van der Waals surface area contributed by atoms with Crippen molar-refractivity contribution in [2.75, 3.05) is 25.0 Å². The Morgan fingerprint density at radius 2 is 2.11 bits per heavy atom. The third-order valence-corrected chi connectivity index (χ3v) is 5.85. The van der Waals surface area contributed by atoms with E-state index in [-0.39, 0.29) is 30.3 Å². The number of carboxylic acid groups (broad SMARTS) is 1. The Bertz CT molecular complexity index is 1070. The summed E-state index contributed by atoms with van der Waals surface area (Å²) in [5, 5.41) is 22.3. The Balaban J connectivity index is 1.98. The van der Waals surface area contributed by atoms with Crippen LogP contribution in [0.4, 0.5) is 10.6 Å². The Morgan fingerprint density at radius 1 is 1.37 bits per heavy atom. The minimum atomic E-state index is -1.09. The van der Waals surface area contributed by atoms with Crippen molar-refractivity contribution in [1.82, 2.24) is 19.8 Å². The third kappa shape index (κ3) is 6.50. The highest BCUT2D eigenvalue weighted by Crippen LogP contribution is 2.27. The minimum absolute atomic E-state index is 0.133. The van der Waals surface area contributed by atoms with Gasteiger partial charge in [-0.05, 0) is 24.5 Å². The van der Waals surface area contributed by atoms with E-state index in [0.717, 1.165) is 0 Å². The van der Waals surface area contributed by atoms with Crippen LogP contribution >= 0.6 is 0 Å². The van der Waals surface area contributed by atoms with Crippen molar-refractivity contribution in [2.45, 2.75) is 59.0 Å². The standard InChI is InChI=1S/C25H34N6O4/c1-16(2)13-31(18-9-17(10-26)14-30(15-18)24(33)34)22(32)20-12-28-23(25(3,4)5)29-21(20)27-11-19-7-6-8-35-19/h6-8,12,16-18H,9,11,13-15H2,1-5H3,(H,33,34)(H,27,28,29). The van der Waals surface area contributed by atoms with Gasteiger partial charge in [0, 0.05) is 31.2 Å². The summed E-state index contributed by atoms with van der Waals surface area (Å²) in [6.45, 7) is 11.0. The average molecular weight is 483 g/mol. The first-order valence-electron chi connectivity index (χ1n) is 11.8. The van der Waals surface area contributed by atoms with Gasteiger partial charge in [0.15, 0.2) is 0 Å². The molecule has 0 radical (unpaired) electrons. The summed E-state index contributed by atoms with van der Waals surface area (Å²) in [7, 11) is 0. The van der Waals surface area contributed by atoms with Gasteiger partial charge in [-0.15, -0.1) is 0 Å². The third-order valence-electron chi connectivity index (χ3n) is 5.85. The second-order valence-electron chi connectivity index (χ2n) is 10.4. The van der Waals surface area contributed by atoms with E-state index < -0.39 is 18.1 Å². The molecule has 2 N–H and O–H groups in total. The number of anilines is 1. The highest BCUT2D eigenvalue weighted by molar-refractivity contribution is 5.98. The van der Waals surface area contributed by atoms with Gasteiger partial charge in [-0.25, -0.2) is 14.8 Å². The van der Waals surface area contributed by atoms with Crippen LogP contribution in [-0.4, -0.2) is 62.6 Å². The van der Waals surface area contributed by atoms with Crippen LogP contribution < -0.4 is 5.32 Å². The molecule has 2 atom stereocenters. The Hall–Kier alpha value is -3.61. The molecule has 0 spiro atoms. The van der Waals surface area contributed by atoms with Gasteiger partial charge in [0.2, 0.25) is 0 Å². The maximum absolute atomic E-state index is 13.9. The second kappa shape index (κ2) is 10.8. The lowest BCUT2D eigenvalue weighted by molar-refractivity contribution is 0.0456. The summed E-state index contributed by atoms with van der Waals surface area (Å²) >= 11 is 0. The van der Waals surface area contributed by atoms with E-state index in [9.17, 15) is 20.0 Å². The predicted molar refractivity (Wildman–Crippen MR) is 130 cm³/mol. The van der Waals surface area contributed by atoms with Gasteiger partial charge in [0.25, 0.3) is 5.91 Å². The van der Waals surface area contributed by atoms with E-state index in [4.69, 9.17) is 4.42 Å². The number of nitriles is 1. The SMILES string of the molecule is CC(C)CN(C(=O)c1cnc(C(C)(C)C)nc1NCc1ccco1)C1CC(C#N)CN(C(=O)O)C1. The number of amides is 2. The normalized spacial score (nSPS) is 18.3. The van der Waals surface area contributed by atoms with Crippen LogP contribution in [0.1, 0.15) is 63.0 Å². The van der Waals surface area contributed by atoms with Crippen LogP contribution in [0.25, 0.3) is 0 Å². The molecule has 0 bridgehead atoms. The molecule has 1 aliphatic heterocycles. The van der Waals surface area contributed by atoms with Crippen LogP contribution in [-0.2, 0) is 12.0 Å². The Kier molecular flexibility index (Phi) is 7.99. The Morgan fingerprint density at radius 3 is 2.69 bits per heavy atom. The van der Waals surface area contributed by atoms with Gasteiger partial charge in [0.1, 0.15) is 23.0 Å². The fourth-order valence-electron chi connectivity index (χ4n) is 4.11. The zero-order valence-corrected chi connectivity index (χ0v) is 21.0. The summed E-state index contributed by atoms with van der Waals surface area (Å²) in [6.07, 6.45) is 2.43. The molecule has 3 heterocycles. The molecule has 0 aliphatic carbocycles. The van der Waals surface area contributed by atoms with Crippen molar-refractivity contribution in [2.24, 2.45) is 11.8 Å². The highest BCUT2D eigenvalue weighted by atomic mass is 16.4. The molecular weight excluding hydrogens is 448 g/mol. The smallest absolute Gasteiger partial charge is 0.407 e. The molecule has 3 rings (SSSR count). The lowest BCUT2D eigenvalue weighted by Gasteiger charge is -2.41. The molecular formula is C25H34N6O4. The molecule has 35 heavy (non-hydrogen) atoms. The summed E-state index contributed by atoms with van der Waals surface area (Å²) in [4.78, 5) is 37.7. The number of piperidine rings is 1. The number of hydrogen-bond acceptors (Lipinski definition) is 7. The summed E-state index contributed by atoms with van der Waals surface area (Å²) < 4.78 is 5.41. The maximum atomic E-state index is 13.9. The zero-order valence-electron chi connectivity index (χ0n) is 21.0. The molecule has 1 saturated heterocycles. The Labute approximate surface area is 205 Å². The maximum Gasteiger partial charge on any atom is 0.407 e. The van der Waals surface area contributed by atoms with E-state index in [1.165, 1.54) is 11.1 Å². The van der Waals surface area contributed by atoms with Gasteiger partial charge < -0.3 is 24.6 Å². The van der Waals surface area contributed by atoms with Crippen molar-refractivity contribution in [1.29, 1.82) is 5.26 Å². The topological polar surface area (TPSA) is 136 Å². The van der Waals surface area contributed by atoms with Crippen molar-refractivity contribution in [3.63, 3.8) is 0 Å². The van der Waals surface area contributed by atoms with Crippen LogP contribution in [0.5, 0.6) is 0 Å². The molecule has 10 heteroatoms. The van der Waals surface area contributed by atoms with Gasteiger partial charge in [-0.2, -0.15) is 5.26 Å². The van der Waals surface area contributed by atoms with Gasteiger partial charge >= 0.3 is 6.09 Å². The molecule has 1 aliphatic rings. The van der Waals surface area contributed by atoms with Crippen molar-refractivity contribution in [3.05, 3.63) is 41.7 Å². The molecule has 2 aromatic rings. The van der Waals surface area contributed by atoms with Crippen LogP contribution in [0.2, 0.25) is 0 Å². The van der Waals surface area contributed by atoms with Crippen LogP contribution in [0.15, 0.2) is 29.0 Å². The molecule has 2 aromatic heterocycles. The van der Waals surface area contributed by atoms with Gasteiger partial charge in [-0.3, -0.25) is 4.79 Å². The number of rotatable bonds is 7. The molecule has 0 aromatic carbocycles. The van der Waals surface area contributed by atoms with Crippen molar-refractivity contribution >= 4 is 17.8 Å². The van der Waals surface area contributed by atoms with E-state index >= 15 is 0 Å². The zero-order chi connectivity index (χ0) is 25.8. The lowest BCUT2D eigenvalue weighted by atomic mass is 9.93. The monoisotopic (exact) mass is 482 g/mol. The number of nitrogens with zero attached hydrogens (tertiary/aromatic N) is 5. The van der Waals surface area contributed by atoms with Crippen molar-refractivity contribution < 1.29 is 19.1 Å². The molecule has 0 saturated carbocycles. The quantitative estimate of drug-likeness (QED) is 0.605. The molecule has 2 amide bonds. The first-order chi connectivity index (χ1) is 16.5. The number of carbonyl (C=O) groups excluding carboxylic acids is 1. The fourth-order valence-corrected chi connectivity index (χ4v) is 4.11. The fraction of sp³-hybridized carbons (Fsp3) is 0.560. The number of aromatic nitrogens is 2. The van der Waals surface area contributed by atoms with Crippen LogP contribution in [0, 0.1) is 23.2 Å². The van der Waals surface area contributed by atoms with E-state index in [1.54, 1.807) is 17.2 Å². The van der Waals surface area contributed by atoms with Gasteiger partial charge in [-0.1, -0.05) is 34.6 Å². The minimum Gasteiger partial charge on any atom is -0.467 e. The van der Waals surface area contributed by atoms with Crippen molar-refractivity contribution in [3.8, 4) is 6.07 Å². The van der Waals surface area contributed by atoms with E-state index in [2.05, 4.69) is 21.4 Å². The number of hydrogen-bond donors (Lipinski definition) is 2. The molecule has 188 valence electrons. The van der Waals surface area contributed by atoms with Gasteiger partial charge in [0.05, 0.1) is 30.8 Å². The summed E-state index contributed by atoms with van der Waals surface area (Å²) in [5.41, 5.74) is -0.0303.